The monoisotopic (exact) mass is 489 g/mol. The van der Waals surface area contributed by atoms with Gasteiger partial charge in [0.2, 0.25) is 5.91 Å². The van der Waals surface area contributed by atoms with Gasteiger partial charge in [-0.1, -0.05) is 35.8 Å². The molecule has 6 rings (SSSR count). The van der Waals surface area contributed by atoms with E-state index in [0.717, 1.165) is 69.4 Å². The van der Waals surface area contributed by atoms with Crippen LogP contribution in [0, 0.1) is 23.6 Å². The molecule has 3 atom stereocenters. The lowest BCUT2D eigenvalue weighted by Gasteiger charge is -2.34. The van der Waals surface area contributed by atoms with Gasteiger partial charge in [-0.25, -0.2) is 4.39 Å². The van der Waals surface area contributed by atoms with Crippen molar-refractivity contribution in [2.45, 2.75) is 57.3 Å². The number of aromatic nitrogens is 1. The highest BCUT2D eigenvalue weighted by Crippen LogP contribution is 2.36. The van der Waals surface area contributed by atoms with E-state index in [2.05, 4.69) is 39.6 Å². The Kier molecular flexibility index (Phi) is 6.79. The minimum absolute atomic E-state index is 0.114. The molecule has 1 N–H and O–H groups in total. The molecular formula is C30H36FN3O2. The van der Waals surface area contributed by atoms with Gasteiger partial charge in [0.25, 0.3) is 0 Å². The summed E-state index contributed by atoms with van der Waals surface area (Å²) in [6.45, 7) is 4.04. The van der Waals surface area contributed by atoms with E-state index in [1.165, 1.54) is 42.5 Å². The average Bonchev–Trinajstić information content (AvgIpc) is 3.53. The number of likely N-dealkylation sites (tertiary alicyclic amines) is 1. The Balaban J connectivity index is 0.986. The maximum Gasteiger partial charge on any atom is 0.223 e. The zero-order valence-corrected chi connectivity index (χ0v) is 20.9. The van der Waals surface area contributed by atoms with Crippen LogP contribution in [-0.4, -0.2) is 42.1 Å². The highest BCUT2D eigenvalue weighted by Gasteiger charge is 2.32. The molecule has 2 fully saturated rings. The van der Waals surface area contributed by atoms with Crippen LogP contribution in [0.3, 0.4) is 0 Å². The smallest absolute Gasteiger partial charge is 0.223 e. The summed E-state index contributed by atoms with van der Waals surface area (Å²) < 4.78 is 18.9. The maximum atomic E-state index is 13.5. The van der Waals surface area contributed by atoms with Crippen molar-refractivity contribution in [3.8, 4) is 0 Å². The Hall–Kier alpha value is -2.73. The Morgan fingerprint density at radius 1 is 1.03 bits per heavy atom. The van der Waals surface area contributed by atoms with Gasteiger partial charge >= 0.3 is 0 Å². The third kappa shape index (κ3) is 4.93. The van der Waals surface area contributed by atoms with E-state index in [9.17, 15) is 9.18 Å². The molecule has 2 aromatic carbocycles. The number of fused-ring (bicyclic) bond motifs is 2. The number of amides is 1. The third-order valence-electron chi connectivity index (χ3n) is 9.00. The maximum absolute atomic E-state index is 13.5. The second kappa shape index (κ2) is 10.3. The Labute approximate surface area is 212 Å². The number of halogens is 1. The van der Waals surface area contributed by atoms with E-state index in [0.29, 0.717) is 23.3 Å². The first-order valence-electron chi connectivity index (χ1n) is 13.8. The first-order chi connectivity index (χ1) is 17.6. The molecule has 0 bridgehead atoms. The Bertz CT molecular complexity index is 1220. The molecule has 3 aromatic rings. The molecule has 5 nitrogen and oxygen atoms in total. The molecular weight excluding hydrogens is 453 g/mol. The van der Waals surface area contributed by atoms with Crippen LogP contribution in [0.15, 0.2) is 47.0 Å². The predicted octanol–water partition coefficient (Wildman–Crippen LogP) is 5.48. The van der Waals surface area contributed by atoms with Crippen molar-refractivity contribution in [3.63, 3.8) is 0 Å². The van der Waals surface area contributed by atoms with Crippen molar-refractivity contribution in [2.75, 3.05) is 26.2 Å². The number of aryl methyl sites for hydroxylation is 1. The van der Waals surface area contributed by atoms with Gasteiger partial charge in [-0.15, -0.1) is 0 Å². The molecule has 36 heavy (non-hydrogen) atoms. The first-order valence-corrected chi connectivity index (χ1v) is 13.8. The number of hydrogen-bond donors (Lipinski definition) is 1. The number of hydrogen-bond acceptors (Lipinski definition) is 4. The predicted molar refractivity (Wildman–Crippen MR) is 138 cm³/mol. The molecule has 6 heteroatoms. The molecule has 1 amide bonds. The summed E-state index contributed by atoms with van der Waals surface area (Å²) in [4.78, 5) is 15.6. The first kappa shape index (κ1) is 23.7. The largest absolute Gasteiger partial charge is 0.356 e. The quantitative estimate of drug-likeness (QED) is 0.498. The van der Waals surface area contributed by atoms with Crippen LogP contribution in [-0.2, 0) is 17.6 Å². The summed E-state index contributed by atoms with van der Waals surface area (Å²) in [7, 11) is 0. The molecule has 0 spiro atoms. The van der Waals surface area contributed by atoms with E-state index >= 15 is 0 Å². The molecule has 1 saturated carbocycles. The molecule has 2 aliphatic carbocycles. The van der Waals surface area contributed by atoms with Crippen LogP contribution >= 0.6 is 0 Å². The zero-order chi connectivity index (χ0) is 24.5. The van der Waals surface area contributed by atoms with Crippen molar-refractivity contribution in [3.05, 3.63) is 65.1 Å². The molecule has 0 radical (unpaired) electrons. The minimum atomic E-state index is -0.286. The minimum Gasteiger partial charge on any atom is -0.356 e. The summed E-state index contributed by atoms with van der Waals surface area (Å²) in [5.41, 5.74) is 4.28. The van der Waals surface area contributed by atoms with Gasteiger partial charge in [-0.2, -0.15) is 0 Å². The summed E-state index contributed by atoms with van der Waals surface area (Å²) in [6.07, 6.45) is 8.69. The molecule has 190 valence electrons. The third-order valence-corrected chi connectivity index (χ3v) is 9.00. The standard InChI is InChI=1S/C30H36FN3O2/c31-26-10-11-27-28(17-26)36-33-29(27)21-12-14-34(15-13-21)19-25-7-3-6-24(25)18-32-30(35)23-9-8-20-4-1-2-5-22(20)16-23/h1-2,4-5,10-11,17,21,23-25H,3,6-9,12-16,18-19H2,(H,32,35)/t23?,24-,25-/m1/s1. The molecule has 1 saturated heterocycles. The van der Waals surface area contributed by atoms with Gasteiger partial charge in [-0.05, 0) is 93.1 Å². The van der Waals surface area contributed by atoms with Crippen LogP contribution in [0.1, 0.15) is 61.3 Å². The van der Waals surface area contributed by atoms with Crippen LogP contribution in [0.2, 0.25) is 0 Å². The number of nitrogens with zero attached hydrogens (tertiary/aromatic N) is 2. The van der Waals surface area contributed by atoms with E-state index in [1.807, 2.05) is 0 Å². The van der Waals surface area contributed by atoms with Crippen LogP contribution in [0.25, 0.3) is 11.0 Å². The van der Waals surface area contributed by atoms with Gasteiger partial charge in [-0.3, -0.25) is 4.79 Å². The van der Waals surface area contributed by atoms with Crippen LogP contribution in [0.5, 0.6) is 0 Å². The summed E-state index contributed by atoms with van der Waals surface area (Å²) >= 11 is 0. The molecule has 1 aromatic heterocycles. The van der Waals surface area contributed by atoms with Gasteiger partial charge < -0.3 is 14.7 Å². The van der Waals surface area contributed by atoms with Crippen molar-refractivity contribution in [1.29, 1.82) is 0 Å². The molecule has 3 aliphatic rings. The second-order valence-electron chi connectivity index (χ2n) is 11.2. The number of carbonyl (C=O) groups is 1. The van der Waals surface area contributed by atoms with E-state index in [-0.39, 0.29) is 17.6 Å². The number of carbonyl (C=O) groups excluding carboxylic acids is 1. The Morgan fingerprint density at radius 3 is 2.69 bits per heavy atom. The highest BCUT2D eigenvalue weighted by atomic mass is 19.1. The fourth-order valence-corrected chi connectivity index (χ4v) is 6.87. The van der Waals surface area contributed by atoms with Crippen molar-refractivity contribution in [1.82, 2.24) is 15.4 Å². The molecule has 1 unspecified atom stereocenters. The summed E-state index contributed by atoms with van der Waals surface area (Å²) in [6, 6.07) is 13.3. The lowest BCUT2D eigenvalue weighted by Crippen LogP contribution is -2.41. The number of rotatable bonds is 6. The van der Waals surface area contributed by atoms with E-state index in [4.69, 9.17) is 4.52 Å². The van der Waals surface area contributed by atoms with Crippen LogP contribution in [0.4, 0.5) is 4.39 Å². The average molecular weight is 490 g/mol. The van der Waals surface area contributed by atoms with Crippen molar-refractivity contribution < 1.29 is 13.7 Å². The second-order valence-corrected chi connectivity index (χ2v) is 11.2. The van der Waals surface area contributed by atoms with Crippen molar-refractivity contribution in [2.24, 2.45) is 17.8 Å². The highest BCUT2D eigenvalue weighted by molar-refractivity contribution is 5.80. The van der Waals surface area contributed by atoms with Gasteiger partial charge in [0.1, 0.15) is 5.82 Å². The normalized spacial score (nSPS) is 25.2. The number of nitrogens with one attached hydrogen (secondary N) is 1. The van der Waals surface area contributed by atoms with E-state index in [1.54, 1.807) is 6.07 Å². The fraction of sp³-hybridized carbons (Fsp3) is 0.533. The van der Waals surface area contributed by atoms with Gasteiger partial charge in [0.05, 0.1) is 5.69 Å². The van der Waals surface area contributed by atoms with Crippen molar-refractivity contribution >= 4 is 16.9 Å². The topological polar surface area (TPSA) is 58.4 Å². The summed E-state index contributed by atoms with van der Waals surface area (Å²) in [5, 5.41) is 8.58. The lowest BCUT2D eigenvalue weighted by molar-refractivity contribution is -0.125. The summed E-state index contributed by atoms with van der Waals surface area (Å²) in [5.74, 6) is 1.68. The molecule has 1 aliphatic heterocycles. The number of piperidine rings is 1. The SMILES string of the molecule is O=C(NC[C@H]1CCC[C@@H]1CN1CCC(c2noc3cc(F)ccc23)CC1)C1CCc2ccccc2C1. The lowest BCUT2D eigenvalue weighted by atomic mass is 9.83. The molecule has 2 heterocycles. The Morgan fingerprint density at radius 2 is 1.83 bits per heavy atom. The fourth-order valence-electron chi connectivity index (χ4n) is 6.87. The number of benzene rings is 2. The van der Waals surface area contributed by atoms with Crippen LogP contribution < -0.4 is 5.32 Å². The van der Waals surface area contributed by atoms with E-state index < -0.39 is 0 Å². The van der Waals surface area contributed by atoms with Gasteiger partial charge in [0, 0.05) is 36.4 Å². The van der Waals surface area contributed by atoms with Gasteiger partial charge in [0.15, 0.2) is 5.58 Å². The zero-order valence-electron chi connectivity index (χ0n) is 20.9.